The van der Waals surface area contributed by atoms with Gasteiger partial charge in [-0.15, -0.1) is 0 Å². The van der Waals surface area contributed by atoms with Gasteiger partial charge in [-0.05, 0) is 30.4 Å². The lowest BCUT2D eigenvalue weighted by molar-refractivity contribution is -0.0835. The minimum absolute atomic E-state index is 0.0916. The third kappa shape index (κ3) is 6.72. The first-order valence-corrected chi connectivity index (χ1v) is 11.2. The minimum Gasteiger partial charge on any atom is -0.377 e. The zero-order chi connectivity index (χ0) is 20.6. The molecular weight excluding hydrogens is 378 g/mol. The smallest absolute Gasteiger partial charge is 0.242 e. The normalized spacial score (nSPS) is 21.4. The van der Waals surface area contributed by atoms with Gasteiger partial charge in [-0.2, -0.15) is 0 Å². The molecule has 0 radical (unpaired) electrons. The number of hydrogen-bond acceptors (Lipinski definition) is 5. The van der Waals surface area contributed by atoms with E-state index in [0.29, 0.717) is 18.4 Å². The molecule has 0 amide bonds. The molecule has 2 unspecified atom stereocenters. The summed E-state index contributed by atoms with van der Waals surface area (Å²) in [5, 5.41) is 6.48. The molecule has 1 aromatic heterocycles. The van der Waals surface area contributed by atoms with Crippen LogP contribution in [0.5, 0.6) is 0 Å². The van der Waals surface area contributed by atoms with Gasteiger partial charge < -0.3 is 15.4 Å². The number of ether oxygens (including phenoxy) is 1. The van der Waals surface area contributed by atoms with Crippen molar-refractivity contribution < 1.29 is 13.2 Å². The molecule has 1 saturated heterocycles. The van der Waals surface area contributed by atoms with Crippen molar-refractivity contribution in [3.63, 3.8) is 0 Å². The van der Waals surface area contributed by atoms with Crippen LogP contribution in [-0.2, 0) is 14.8 Å². The van der Waals surface area contributed by atoms with E-state index in [-0.39, 0.29) is 23.0 Å². The van der Waals surface area contributed by atoms with Crippen molar-refractivity contribution in [3.05, 3.63) is 24.5 Å². The number of guanidine groups is 1. The standard InChI is InChI=1S/C19H33N5O3S/c1-19(2,3)17-15(7-6-12-27-17)13-23-18(20-4)22-10-11-24-28(25,26)16-8-5-9-21-14-16/h5,8-9,14-15,17,24H,6-7,10-13H2,1-4H3,(H2,20,22,23). The van der Waals surface area contributed by atoms with Crippen molar-refractivity contribution >= 4 is 16.0 Å². The molecule has 2 rings (SSSR count). The van der Waals surface area contributed by atoms with Gasteiger partial charge in [0, 0.05) is 51.6 Å². The lowest BCUT2D eigenvalue weighted by Gasteiger charge is -2.40. The van der Waals surface area contributed by atoms with E-state index < -0.39 is 10.0 Å². The number of rotatable bonds is 7. The number of hydrogen-bond donors (Lipinski definition) is 3. The summed E-state index contributed by atoms with van der Waals surface area (Å²) in [4.78, 5) is 8.21. The molecule has 1 aromatic rings. The van der Waals surface area contributed by atoms with Crippen LogP contribution in [0.15, 0.2) is 34.4 Å². The Kier molecular flexibility index (Phi) is 8.21. The van der Waals surface area contributed by atoms with Gasteiger partial charge in [0.25, 0.3) is 0 Å². The van der Waals surface area contributed by atoms with Crippen LogP contribution in [0, 0.1) is 11.3 Å². The number of aromatic nitrogens is 1. The average Bonchev–Trinajstić information content (AvgIpc) is 2.67. The highest BCUT2D eigenvalue weighted by molar-refractivity contribution is 7.89. The summed E-state index contributed by atoms with van der Waals surface area (Å²) in [6.07, 6.45) is 5.27. The van der Waals surface area contributed by atoms with Crippen molar-refractivity contribution in [1.29, 1.82) is 0 Å². The second-order valence-corrected chi connectivity index (χ2v) is 9.79. The maximum atomic E-state index is 12.2. The molecule has 1 aliphatic rings. The second kappa shape index (κ2) is 10.2. The first-order valence-electron chi connectivity index (χ1n) is 9.70. The topological polar surface area (TPSA) is 105 Å². The van der Waals surface area contributed by atoms with Crippen molar-refractivity contribution in [3.8, 4) is 0 Å². The summed E-state index contributed by atoms with van der Waals surface area (Å²) in [5.41, 5.74) is 0.0916. The van der Waals surface area contributed by atoms with Crippen LogP contribution in [-0.4, -0.2) is 58.8 Å². The third-order valence-corrected chi connectivity index (χ3v) is 6.15. The zero-order valence-electron chi connectivity index (χ0n) is 17.2. The Morgan fingerprint density at radius 2 is 2.11 bits per heavy atom. The second-order valence-electron chi connectivity index (χ2n) is 8.03. The fraction of sp³-hybridized carbons (Fsp3) is 0.684. The van der Waals surface area contributed by atoms with E-state index in [1.165, 1.54) is 18.5 Å². The lowest BCUT2D eigenvalue weighted by atomic mass is 9.78. The summed E-state index contributed by atoms with van der Waals surface area (Å²) < 4.78 is 32.9. The summed E-state index contributed by atoms with van der Waals surface area (Å²) in [7, 11) is -1.85. The highest BCUT2D eigenvalue weighted by atomic mass is 32.2. The molecule has 9 heteroatoms. The Balaban J connectivity index is 1.77. The summed E-state index contributed by atoms with van der Waals surface area (Å²) >= 11 is 0. The highest BCUT2D eigenvalue weighted by Gasteiger charge is 2.35. The van der Waals surface area contributed by atoms with Gasteiger partial charge in [-0.3, -0.25) is 9.98 Å². The number of aliphatic imine (C=N–C) groups is 1. The average molecular weight is 412 g/mol. The molecular formula is C19H33N5O3S. The van der Waals surface area contributed by atoms with Gasteiger partial charge >= 0.3 is 0 Å². The van der Waals surface area contributed by atoms with Gasteiger partial charge in [0.1, 0.15) is 4.90 Å². The third-order valence-electron chi connectivity index (χ3n) is 4.71. The number of nitrogens with zero attached hydrogens (tertiary/aromatic N) is 2. The summed E-state index contributed by atoms with van der Waals surface area (Å²) in [6.45, 7) is 8.87. The first-order chi connectivity index (χ1) is 13.2. The Morgan fingerprint density at radius 1 is 1.32 bits per heavy atom. The van der Waals surface area contributed by atoms with Crippen LogP contribution in [0.3, 0.4) is 0 Å². The van der Waals surface area contributed by atoms with E-state index in [1.807, 2.05) is 0 Å². The monoisotopic (exact) mass is 411 g/mol. The molecule has 2 atom stereocenters. The molecule has 0 saturated carbocycles. The van der Waals surface area contributed by atoms with Crippen molar-refractivity contribution in [1.82, 2.24) is 20.3 Å². The Labute approximate surface area is 168 Å². The van der Waals surface area contributed by atoms with E-state index in [9.17, 15) is 8.42 Å². The molecule has 0 spiro atoms. The van der Waals surface area contributed by atoms with Crippen molar-refractivity contribution in [2.24, 2.45) is 16.3 Å². The van der Waals surface area contributed by atoms with Gasteiger partial charge in [-0.25, -0.2) is 13.1 Å². The number of sulfonamides is 1. The Hall–Kier alpha value is -1.71. The van der Waals surface area contributed by atoms with Crippen LogP contribution in [0.1, 0.15) is 33.6 Å². The highest BCUT2D eigenvalue weighted by Crippen LogP contribution is 2.33. The zero-order valence-corrected chi connectivity index (χ0v) is 18.1. The fourth-order valence-electron chi connectivity index (χ4n) is 3.41. The maximum Gasteiger partial charge on any atom is 0.242 e. The molecule has 2 heterocycles. The SMILES string of the molecule is CN=C(NCCNS(=O)(=O)c1cccnc1)NCC1CCCOC1C(C)(C)C. The van der Waals surface area contributed by atoms with E-state index in [1.54, 1.807) is 13.1 Å². The first kappa shape index (κ1) is 22.6. The lowest BCUT2D eigenvalue weighted by Crippen LogP contribution is -2.48. The minimum atomic E-state index is -3.55. The maximum absolute atomic E-state index is 12.2. The molecule has 28 heavy (non-hydrogen) atoms. The van der Waals surface area contributed by atoms with Crippen molar-refractivity contribution in [2.45, 2.75) is 44.6 Å². The van der Waals surface area contributed by atoms with Crippen LogP contribution in [0.4, 0.5) is 0 Å². The van der Waals surface area contributed by atoms with Crippen LogP contribution < -0.4 is 15.4 Å². The molecule has 0 bridgehead atoms. The van der Waals surface area contributed by atoms with Gasteiger partial charge in [-0.1, -0.05) is 20.8 Å². The Bertz CT molecular complexity index is 732. The molecule has 0 aromatic carbocycles. The van der Waals surface area contributed by atoms with E-state index in [2.05, 4.69) is 46.1 Å². The molecule has 3 N–H and O–H groups in total. The molecule has 158 valence electrons. The van der Waals surface area contributed by atoms with E-state index in [4.69, 9.17) is 4.74 Å². The molecule has 0 aliphatic carbocycles. The molecule has 1 fully saturated rings. The number of nitrogens with one attached hydrogen (secondary N) is 3. The fourth-order valence-corrected chi connectivity index (χ4v) is 4.41. The number of pyridine rings is 1. The predicted octanol–water partition coefficient (Wildman–Crippen LogP) is 1.37. The predicted molar refractivity (Wildman–Crippen MR) is 111 cm³/mol. The van der Waals surface area contributed by atoms with Crippen molar-refractivity contribution in [2.75, 3.05) is 33.3 Å². The van der Waals surface area contributed by atoms with Crippen LogP contribution >= 0.6 is 0 Å². The quantitative estimate of drug-likeness (QED) is 0.356. The molecule has 1 aliphatic heterocycles. The molecule has 8 nitrogen and oxygen atoms in total. The van der Waals surface area contributed by atoms with E-state index >= 15 is 0 Å². The Morgan fingerprint density at radius 3 is 2.75 bits per heavy atom. The van der Waals surface area contributed by atoms with Gasteiger partial charge in [0.05, 0.1) is 6.10 Å². The van der Waals surface area contributed by atoms with Crippen LogP contribution in [0.2, 0.25) is 0 Å². The van der Waals surface area contributed by atoms with E-state index in [0.717, 1.165) is 26.0 Å². The summed E-state index contributed by atoms with van der Waals surface area (Å²) in [5.74, 6) is 1.06. The summed E-state index contributed by atoms with van der Waals surface area (Å²) in [6, 6.07) is 3.11. The van der Waals surface area contributed by atoms with Crippen LogP contribution in [0.25, 0.3) is 0 Å². The largest absolute Gasteiger partial charge is 0.377 e. The van der Waals surface area contributed by atoms with Gasteiger partial charge in [0.2, 0.25) is 10.0 Å². The van der Waals surface area contributed by atoms with Gasteiger partial charge in [0.15, 0.2) is 5.96 Å².